The molecule has 7 nitrogen and oxygen atoms in total. The van der Waals surface area contributed by atoms with Crippen LogP contribution in [-0.2, 0) is 11.2 Å². The van der Waals surface area contributed by atoms with Crippen molar-refractivity contribution < 1.29 is 14.3 Å². The Morgan fingerprint density at radius 1 is 0.929 bits per heavy atom. The number of benzene rings is 2. The van der Waals surface area contributed by atoms with Crippen molar-refractivity contribution in [3.8, 4) is 11.5 Å². The molecule has 1 amide bonds. The average Bonchev–Trinajstić information content (AvgIpc) is 2.71. The number of carbonyl (C=O) groups is 1. The van der Waals surface area contributed by atoms with Crippen molar-refractivity contribution in [2.45, 2.75) is 6.42 Å². The third-order valence-electron chi connectivity index (χ3n) is 4.02. The molecule has 0 saturated heterocycles. The van der Waals surface area contributed by atoms with Gasteiger partial charge in [-0.25, -0.2) is 0 Å². The quantitative estimate of drug-likeness (QED) is 0.681. The maximum absolute atomic E-state index is 12.1. The van der Waals surface area contributed by atoms with Crippen molar-refractivity contribution in [3.63, 3.8) is 0 Å². The van der Waals surface area contributed by atoms with Gasteiger partial charge in [-0.05, 0) is 42.0 Å². The van der Waals surface area contributed by atoms with E-state index in [2.05, 4.69) is 20.8 Å². The van der Waals surface area contributed by atoms with Crippen molar-refractivity contribution in [3.05, 3.63) is 65.2 Å². The van der Waals surface area contributed by atoms with Gasteiger partial charge in [-0.3, -0.25) is 4.79 Å². The van der Waals surface area contributed by atoms with Gasteiger partial charge in [-0.2, -0.15) is 0 Å². The molecule has 3 aromatic rings. The summed E-state index contributed by atoms with van der Waals surface area (Å²) in [5.41, 5.74) is 1.67. The Morgan fingerprint density at radius 2 is 1.64 bits per heavy atom. The Hall–Kier alpha value is -3.32. The summed E-state index contributed by atoms with van der Waals surface area (Å²) in [7, 11) is 0. The van der Waals surface area contributed by atoms with E-state index in [-0.39, 0.29) is 12.3 Å². The Labute approximate surface area is 166 Å². The van der Waals surface area contributed by atoms with Crippen molar-refractivity contribution in [1.29, 1.82) is 0 Å². The lowest BCUT2D eigenvalue weighted by Gasteiger charge is -2.19. The summed E-state index contributed by atoms with van der Waals surface area (Å²) in [6.07, 6.45) is 0.232. The minimum absolute atomic E-state index is 0.177. The topological polar surface area (TPSA) is 85.4 Å². The van der Waals surface area contributed by atoms with Crippen LogP contribution in [0.3, 0.4) is 0 Å². The van der Waals surface area contributed by atoms with Crippen molar-refractivity contribution in [2.24, 2.45) is 0 Å². The number of halogens is 1. The standard InChI is InChI=1S/C20H17ClN4O3/c21-14-3-1-13(2-4-14)11-20(26)23-19-8-7-18(24-25-19)22-15-5-6-16-17(12-15)28-10-9-27-16/h1-8,12H,9-11H2,(H,22,24)(H,23,25,26). The summed E-state index contributed by atoms with van der Waals surface area (Å²) < 4.78 is 11.1. The van der Waals surface area contributed by atoms with Crippen molar-refractivity contribution in [1.82, 2.24) is 10.2 Å². The molecule has 1 aromatic heterocycles. The Kier molecular flexibility index (Phi) is 5.25. The fraction of sp³-hybridized carbons (Fsp3) is 0.150. The van der Waals surface area contributed by atoms with E-state index in [4.69, 9.17) is 21.1 Å². The molecule has 0 radical (unpaired) electrons. The highest BCUT2D eigenvalue weighted by atomic mass is 35.5. The van der Waals surface area contributed by atoms with Crippen LogP contribution in [0.25, 0.3) is 0 Å². The minimum Gasteiger partial charge on any atom is -0.486 e. The van der Waals surface area contributed by atoms with E-state index in [9.17, 15) is 4.79 Å². The number of anilines is 3. The number of carbonyl (C=O) groups excluding carboxylic acids is 1. The Bertz CT molecular complexity index is 978. The maximum atomic E-state index is 12.1. The summed E-state index contributed by atoms with van der Waals surface area (Å²) in [6.45, 7) is 1.08. The predicted molar refractivity (Wildman–Crippen MR) is 107 cm³/mol. The lowest BCUT2D eigenvalue weighted by Crippen LogP contribution is -2.16. The van der Waals surface area contributed by atoms with Gasteiger partial charge in [-0.15, -0.1) is 10.2 Å². The zero-order chi connectivity index (χ0) is 19.3. The number of aromatic nitrogens is 2. The number of hydrogen-bond acceptors (Lipinski definition) is 6. The molecule has 2 aromatic carbocycles. The number of rotatable bonds is 5. The van der Waals surface area contributed by atoms with Crippen molar-refractivity contribution in [2.75, 3.05) is 23.8 Å². The SMILES string of the molecule is O=C(Cc1ccc(Cl)cc1)Nc1ccc(Nc2ccc3c(c2)OCCO3)nn1. The van der Waals surface area contributed by atoms with Gasteiger partial charge in [0.15, 0.2) is 23.1 Å². The fourth-order valence-electron chi connectivity index (χ4n) is 2.71. The first-order chi connectivity index (χ1) is 13.7. The summed E-state index contributed by atoms with van der Waals surface area (Å²) in [6, 6.07) is 16.1. The molecule has 0 atom stereocenters. The van der Waals surface area contributed by atoms with E-state index in [0.717, 1.165) is 17.0 Å². The highest BCUT2D eigenvalue weighted by molar-refractivity contribution is 6.30. The number of ether oxygens (including phenoxy) is 2. The summed E-state index contributed by atoms with van der Waals surface area (Å²) in [5.74, 6) is 2.17. The fourth-order valence-corrected chi connectivity index (χ4v) is 2.84. The molecule has 0 fully saturated rings. The van der Waals surface area contributed by atoms with Gasteiger partial charge in [0.05, 0.1) is 6.42 Å². The van der Waals surface area contributed by atoms with E-state index in [1.54, 1.807) is 24.3 Å². The molecular weight excluding hydrogens is 380 g/mol. The molecular formula is C20H17ClN4O3. The van der Waals surface area contributed by atoms with Crippen molar-refractivity contribution >= 4 is 34.8 Å². The first-order valence-corrected chi connectivity index (χ1v) is 9.08. The van der Waals surface area contributed by atoms with Gasteiger partial charge in [0.25, 0.3) is 0 Å². The summed E-state index contributed by atoms with van der Waals surface area (Å²) in [5, 5.41) is 14.6. The van der Waals surface area contributed by atoms with Crippen LogP contribution in [0.2, 0.25) is 5.02 Å². The second-order valence-electron chi connectivity index (χ2n) is 6.14. The Balaban J connectivity index is 1.35. The van der Waals surface area contributed by atoms with E-state index >= 15 is 0 Å². The molecule has 2 N–H and O–H groups in total. The molecule has 1 aliphatic heterocycles. The maximum Gasteiger partial charge on any atom is 0.229 e. The van der Waals surface area contributed by atoms with Gasteiger partial charge in [0, 0.05) is 16.8 Å². The zero-order valence-electron chi connectivity index (χ0n) is 14.8. The van der Waals surface area contributed by atoms with Crippen LogP contribution < -0.4 is 20.1 Å². The van der Waals surface area contributed by atoms with Crippen LogP contribution in [0.5, 0.6) is 11.5 Å². The molecule has 0 bridgehead atoms. The number of amides is 1. The number of nitrogens with zero attached hydrogens (tertiary/aromatic N) is 2. The highest BCUT2D eigenvalue weighted by Crippen LogP contribution is 2.33. The van der Waals surface area contributed by atoms with Crippen LogP contribution in [0.1, 0.15) is 5.56 Å². The van der Waals surface area contributed by atoms with E-state index in [0.29, 0.717) is 35.6 Å². The van der Waals surface area contributed by atoms with Gasteiger partial charge in [-0.1, -0.05) is 23.7 Å². The molecule has 0 unspecified atom stereocenters. The number of nitrogens with one attached hydrogen (secondary N) is 2. The highest BCUT2D eigenvalue weighted by Gasteiger charge is 2.12. The molecule has 28 heavy (non-hydrogen) atoms. The lowest BCUT2D eigenvalue weighted by molar-refractivity contribution is -0.115. The first kappa shape index (κ1) is 18.1. The number of hydrogen-bond donors (Lipinski definition) is 2. The zero-order valence-corrected chi connectivity index (χ0v) is 15.6. The van der Waals surface area contributed by atoms with Crippen LogP contribution in [0.15, 0.2) is 54.6 Å². The molecule has 0 saturated carbocycles. The third-order valence-corrected chi connectivity index (χ3v) is 4.28. The van der Waals surface area contributed by atoms with Gasteiger partial charge in [0.2, 0.25) is 5.91 Å². The molecule has 8 heteroatoms. The van der Waals surface area contributed by atoms with Crippen LogP contribution in [0.4, 0.5) is 17.3 Å². The normalized spacial score (nSPS) is 12.3. The smallest absolute Gasteiger partial charge is 0.229 e. The third kappa shape index (κ3) is 4.50. The van der Waals surface area contributed by atoms with Gasteiger partial charge < -0.3 is 20.1 Å². The first-order valence-electron chi connectivity index (χ1n) is 8.70. The predicted octanol–water partition coefficient (Wildman–Crippen LogP) is 3.83. The Morgan fingerprint density at radius 3 is 2.39 bits per heavy atom. The lowest BCUT2D eigenvalue weighted by atomic mass is 10.1. The number of fused-ring (bicyclic) bond motifs is 1. The molecule has 4 rings (SSSR count). The molecule has 0 spiro atoms. The molecule has 0 aliphatic carbocycles. The average molecular weight is 397 g/mol. The van der Waals surface area contributed by atoms with Crippen LogP contribution in [-0.4, -0.2) is 29.3 Å². The summed E-state index contributed by atoms with van der Waals surface area (Å²) in [4.78, 5) is 12.1. The molecule has 142 valence electrons. The molecule has 2 heterocycles. The molecule has 1 aliphatic rings. The summed E-state index contributed by atoms with van der Waals surface area (Å²) >= 11 is 5.85. The largest absolute Gasteiger partial charge is 0.486 e. The van der Waals surface area contributed by atoms with Gasteiger partial charge >= 0.3 is 0 Å². The van der Waals surface area contributed by atoms with Gasteiger partial charge in [0.1, 0.15) is 13.2 Å². The monoisotopic (exact) mass is 396 g/mol. The van der Waals surface area contributed by atoms with Crippen LogP contribution >= 0.6 is 11.6 Å². The van der Waals surface area contributed by atoms with E-state index < -0.39 is 0 Å². The minimum atomic E-state index is -0.177. The second-order valence-corrected chi connectivity index (χ2v) is 6.58. The van der Waals surface area contributed by atoms with E-state index in [1.807, 2.05) is 30.3 Å². The van der Waals surface area contributed by atoms with E-state index in [1.165, 1.54) is 0 Å². The second kappa shape index (κ2) is 8.14. The van der Waals surface area contributed by atoms with Crippen LogP contribution in [0, 0.1) is 0 Å².